The first kappa shape index (κ1) is 18.9. The van der Waals surface area contributed by atoms with Gasteiger partial charge in [-0.15, -0.1) is 4.48 Å². The van der Waals surface area contributed by atoms with Gasteiger partial charge < -0.3 is 14.6 Å². The van der Waals surface area contributed by atoms with Crippen molar-refractivity contribution in [3.8, 4) is 0 Å². The molecule has 0 aromatic heterocycles. The molecule has 0 bridgehead atoms. The molecular weight excluding hydrogens is 286 g/mol. The van der Waals surface area contributed by atoms with Crippen molar-refractivity contribution in [2.24, 2.45) is 5.92 Å². The van der Waals surface area contributed by atoms with Gasteiger partial charge in [0.25, 0.3) is 0 Å². The smallest absolute Gasteiger partial charge is 0.414 e. The lowest BCUT2D eigenvalue weighted by Crippen LogP contribution is -2.61. The minimum absolute atomic E-state index is 0.0596. The highest BCUT2D eigenvalue weighted by molar-refractivity contribution is 5.77. The number of carbonyl (C=O) groups excluding carboxylic acids is 2. The molecule has 2 amide bonds. The van der Waals surface area contributed by atoms with Crippen LogP contribution in [0.3, 0.4) is 0 Å². The second kappa shape index (κ2) is 6.16. The molecule has 1 rings (SSSR count). The summed E-state index contributed by atoms with van der Waals surface area (Å²) in [6.07, 6.45) is -0.634. The van der Waals surface area contributed by atoms with Crippen LogP contribution in [0.2, 0.25) is 0 Å². The van der Waals surface area contributed by atoms with E-state index in [1.807, 2.05) is 6.92 Å². The first-order chi connectivity index (χ1) is 9.82. The largest absolute Gasteiger partial charge is 0.527 e. The predicted molar refractivity (Wildman–Crippen MR) is 82.3 cm³/mol. The second-order valence-corrected chi connectivity index (χ2v) is 8.15. The molecule has 1 aliphatic heterocycles. The summed E-state index contributed by atoms with van der Waals surface area (Å²) >= 11 is 0. The molecule has 1 heterocycles. The van der Waals surface area contributed by atoms with Crippen molar-refractivity contribution in [2.45, 2.75) is 72.1 Å². The van der Waals surface area contributed by atoms with Crippen molar-refractivity contribution < 1.29 is 28.7 Å². The zero-order valence-electron chi connectivity index (χ0n) is 14.8. The van der Waals surface area contributed by atoms with Gasteiger partial charge in [0.15, 0.2) is 0 Å². The zero-order chi connectivity index (χ0) is 17.3. The van der Waals surface area contributed by atoms with Crippen molar-refractivity contribution in [3.63, 3.8) is 0 Å². The molecule has 0 spiro atoms. The highest BCUT2D eigenvalue weighted by Gasteiger charge is 2.60. The van der Waals surface area contributed by atoms with E-state index >= 15 is 0 Å². The van der Waals surface area contributed by atoms with Gasteiger partial charge in [-0.2, -0.15) is 9.59 Å². The molecule has 1 unspecified atom stereocenters. The van der Waals surface area contributed by atoms with Gasteiger partial charge in [0.05, 0.1) is 6.61 Å². The van der Waals surface area contributed by atoms with Crippen LogP contribution in [0.25, 0.3) is 0 Å². The molecule has 1 saturated heterocycles. The van der Waals surface area contributed by atoms with Crippen molar-refractivity contribution in [1.82, 2.24) is 0 Å². The number of rotatable bonds is 1. The van der Waals surface area contributed by atoms with Crippen LogP contribution in [0, 0.1) is 5.92 Å². The fourth-order valence-electron chi connectivity index (χ4n) is 2.73. The molecule has 0 aliphatic carbocycles. The fraction of sp³-hybridized carbons (Fsp3) is 0.875. The number of hydrogen-bond donors (Lipinski definition) is 1. The van der Waals surface area contributed by atoms with E-state index in [0.29, 0.717) is 6.42 Å². The summed E-state index contributed by atoms with van der Waals surface area (Å²) in [6.45, 7) is 12.6. The number of likely N-dealkylation sites (tertiary alicyclic amines) is 1. The first-order valence-corrected chi connectivity index (χ1v) is 7.77. The number of carbonyl (C=O) groups is 2. The molecule has 128 valence electrons. The number of quaternary nitrogens is 1. The first-order valence-electron chi connectivity index (χ1n) is 7.77. The predicted octanol–water partition coefficient (Wildman–Crippen LogP) is 3.07. The monoisotopic (exact) mass is 316 g/mol. The second-order valence-electron chi connectivity index (χ2n) is 8.15. The van der Waals surface area contributed by atoms with Crippen LogP contribution < -0.4 is 0 Å². The lowest BCUT2D eigenvalue weighted by atomic mass is 10.1. The third kappa shape index (κ3) is 4.20. The molecule has 0 radical (unpaired) electrons. The van der Waals surface area contributed by atoms with Crippen LogP contribution in [0.1, 0.15) is 54.9 Å². The van der Waals surface area contributed by atoms with Crippen LogP contribution in [-0.4, -0.2) is 52.2 Å². The number of aliphatic hydroxyl groups is 1. The Labute approximate surface area is 133 Å². The van der Waals surface area contributed by atoms with Crippen LogP contribution in [0.5, 0.6) is 0 Å². The Morgan fingerprint density at radius 1 is 1.05 bits per heavy atom. The fourth-order valence-corrected chi connectivity index (χ4v) is 2.73. The minimum Gasteiger partial charge on any atom is -0.414 e. The van der Waals surface area contributed by atoms with Gasteiger partial charge in [-0.1, -0.05) is 0 Å². The SMILES string of the molecule is CC1C[C@H](CO)C[N+]1(C(=O)OC(C)(C)C)C(=O)OC(C)(C)C. The molecular formula is C16H30NO5+. The lowest BCUT2D eigenvalue weighted by molar-refractivity contribution is -0.799. The number of ether oxygens (including phenoxy) is 2. The van der Waals surface area contributed by atoms with E-state index in [1.54, 1.807) is 41.5 Å². The Kier molecular flexibility index (Phi) is 5.30. The van der Waals surface area contributed by atoms with Crippen LogP contribution in [0.15, 0.2) is 0 Å². The number of nitrogens with zero attached hydrogens (tertiary/aromatic N) is 1. The average Bonchev–Trinajstić information content (AvgIpc) is 2.63. The highest BCUT2D eigenvalue weighted by atomic mass is 16.6. The van der Waals surface area contributed by atoms with Gasteiger partial charge >= 0.3 is 12.2 Å². The third-order valence-electron chi connectivity index (χ3n) is 3.67. The van der Waals surface area contributed by atoms with Crippen molar-refractivity contribution >= 4 is 12.2 Å². The lowest BCUT2D eigenvalue weighted by Gasteiger charge is -2.34. The topological polar surface area (TPSA) is 72.8 Å². The Hall–Kier alpha value is -1.14. The maximum absolute atomic E-state index is 12.7. The molecule has 6 nitrogen and oxygen atoms in total. The van der Waals surface area contributed by atoms with Gasteiger partial charge in [-0.25, -0.2) is 0 Å². The van der Waals surface area contributed by atoms with Gasteiger partial charge in [-0.3, -0.25) is 0 Å². The third-order valence-corrected chi connectivity index (χ3v) is 3.67. The van der Waals surface area contributed by atoms with Crippen molar-refractivity contribution in [2.75, 3.05) is 13.2 Å². The summed E-state index contributed by atoms with van der Waals surface area (Å²) < 4.78 is 10.4. The summed E-state index contributed by atoms with van der Waals surface area (Å²) in [5.41, 5.74) is -1.39. The van der Waals surface area contributed by atoms with E-state index < -0.39 is 27.9 Å². The summed E-state index contributed by atoms with van der Waals surface area (Å²) in [5, 5.41) is 9.43. The Morgan fingerprint density at radius 2 is 1.45 bits per heavy atom. The van der Waals surface area contributed by atoms with Crippen LogP contribution in [-0.2, 0) is 9.47 Å². The normalized spacial score (nSPS) is 24.9. The Morgan fingerprint density at radius 3 is 1.73 bits per heavy atom. The van der Waals surface area contributed by atoms with Gasteiger partial charge in [-0.05, 0) is 48.5 Å². The van der Waals surface area contributed by atoms with Crippen LogP contribution >= 0.6 is 0 Å². The number of amides is 2. The van der Waals surface area contributed by atoms with Crippen molar-refractivity contribution in [1.29, 1.82) is 0 Å². The summed E-state index contributed by atoms with van der Waals surface area (Å²) in [6, 6.07) is -0.290. The van der Waals surface area contributed by atoms with E-state index in [0.717, 1.165) is 0 Å². The van der Waals surface area contributed by atoms with Crippen molar-refractivity contribution in [3.05, 3.63) is 0 Å². The molecule has 1 aliphatic rings. The Balaban J connectivity index is 3.16. The molecule has 1 fully saturated rings. The Bertz CT molecular complexity index is 405. The molecule has 0 aromatic carbocycles. The van der Waals surface area contributed by atoms with Crippen LogP contribution in [0.4, 0.5) is 9.59 Å². The number of hydrogen-bond acceptors (Lipinski definition) is 5. The standard InChI is InChI=1S/C16H30NO5/c1-11-8-12(10-18)9-17(11,13(19)21-15(2,3)4)14(20)22-16(5,6)7/h11-12,18H,8-10H2,1-7H3/q+1/t11?,12-/m0/s1. The summed E-state index contributed by atoms with van der Waals surface area (Å²) in [5.74, 6) is -0.116. The summed E-state index contributed by atoms with van der Waals surface area (Å²) in [4.78, 5) is 25.5. The highest BCUT2D eigenvalue weighted by Crippen LogP contribution is 2.35. The molecule has 1 N–H and O–H groups in total. The molecule has 0 aromatic rings. The van der Waals surface area contributed by atoms with E-state index in [2.05, 4.69) is 0 Å². The maximum Gasteiger partial charge on any atom is 0.527 e. The molecule has 0 saturated carbocycles. The zero-order valence-corrected chi connectivity index (χ0v) is 14.8. The van der Waals surface area contributed by atoms with E-state index in [4.69, 9.17) is 9.47 Å². The quantitative estimate of drug-likeness (QED) is 0.753. The maximum atomic E-state index is 12.7. The molecule has 22 heavy (non-hydrogen) atoms. The molecule has 2 atom stereocenters. The number of imide groups is 1. The summed E-state index contributed by atoms with van der Waals surface area (Å²) in [7, 11) is 0. The molecule has 6 heteroatoms. The minimum atomic E-state index is -0.693. The van der Waals surface area contributed by atoms with Gasteiger partial charge in [0, 0.05) is 12.3 Å². The van der Waals surface area contributed by atoms with Gasteiger partial charge in [0.1, 0.15) is 23.8 Å². The van der Waals surface area contributed by atoms with Gasteiger partial charge in [0.2, 0.25) is 0 Å². The van der Waals surface area contributed by atoms with E-state index in [9.17, 15) is 14.7 Å². The van der Waals surface area contributed by atoms with E-state index in [1.165, 1.54) is 0 Å². The average molecular weight is 316 g/mol. The number of aliphatic hydroxyl groups excluding tert-OH is 1. The van der Waals surface area contributed by atoms with E-state index in [-0.39, 0.29) is 25.1 Å².